The Morgan fingerprint density at radius 2 is 2.12 bits per heavy atom. The Bertz CT molecular complexity index is 447. The normalized spacial score (nSPS) is 11.7. The minimum absolute atomic E-state index is 0.0686. The number of carboxylic acids is 1. The summed E-state index contributed by atoms with van der Waals surface area (Å²) >= 11 is 5.76. The minimum Gasteiger partial charge on any atom is -0.480 e. The molecule has 0 aliphatic rings. The fraction of sp³-hybridized carbons (Fsp3) is 0.273. The molecule has 1 amide bonds. The number of carboxylic acid groups (broad SMARTS) is 1. The largest absolute Gasteiger partial charge is 0.480 e. The van der Waals surface area contributed by atoms with Gasteiger partial charge in [0.2, 0.25) is 0 Å². The van der Waals surface area contributed by atoms with Crippen LogP contribution in [0, 0.1) is 0 Å². The zero-order chi connectivity index (χ0) is 13.0. The van der Waals surface area contributed by atoms with Gasteiger partial charge in [-0.3, -0.25) is 4.79 Å². The lowest BCUT2D eigenvalue weighted by atomic mass is 10.2. The molecular formula is C11H12ClNO4. The maximum absolute atomic E-state index is 11.3. The molecule has 0 aromatic heterocycles. The first-order chi connectivity index (χ1) is 7.97. The molecule has 0 bridgehead atoms. The van der Waals surface area contributed by atoms with Crippen LogP contribution in [0.5, 0.6) is 5.75 Å². The number of rotatable bonds is 4. The van der Waals surface area contributed by atoms with Crippen LogP contribution in [0.15, 0.2) is 18.2 Å². The van der Waals surface area contributed by atoms with Gasteiger partial charge in [-0.1, -0.05) is 17.7 Å². The molecule has 0 fully saturated rings. The Hall–Kier alpha value is -1.75. The van der Waals surface area contributed by atoms with Crippen molar-refractivity contribution in [1.82, 2.24) is 5.32 Å². The molecule has 92 valence electrons. The predicted octanol–water partition coefficient (Wildman–Crippen LogP) is 1.55. The van der Waals surface area contributed by atoms with Gasteiger partial charge in [0.1, 0.15) is 11.3 Å². The summed E-state index contributed by atoms with van der Waals surface area (Å²) in [5.41, 5.74) is -0.148. The summed E-state index contributed by atoms with van der Waals surface area (Å²) in [6, 6.07) is 4.46. The molecule has 1 aromatic carbocycles. The molecule has 1 atom stereocenters. The second-order valence-electron chi connectivity index (χ2n) is 3.29. The quantitative estimate of drug-likeness (QED) is 0.858. The molecule has 0 aliphatic carbocycles. The van der Waals surface area contributed by atoms with Gasteiger partial charge in [0.25, 0.3) is 5.91 Å². The Morgan fingerprint density at radius 3 is 2.65 bits per heavy atom. The van der Waals surface area contributed by atoms with Crippen molar-refractivity contribution >= 4 is 23.5 Å². The van der Waals surface area contributed by atoms with Gasteiger partial charge in [-0.2, -0.15) is 0 Å². The number of ether oxygens (including phenoxy) is 1. The highest BCUT2D eigenvalue weighted by atomic mass is 35.5. The maximum atomic E-state index is 11.3. The third kappa shape index (κ3) is 3.10. The zero-order valence-electron chi connectivity index (χ0n) is 9.36. The molecule has 1 unspecified atom stereocenters. The van der Waals surface area contributed by atoms with E-state index >= 15 is 0 Å². The molecular weight excluding hydrogens is 246 g/mol. The molecule has 5 nitrogen and oxygen atoms in total. The van der Waals surface area contributed by atoms with Gasteiger partial charge in [0.15, 0.2) is 6.10 Å². The molecule has 0 saturated heterocycles. The lowest BCUT2D eigenvalue weighted by molar-refractivity contribution is -0.126. The van der Waals surface area contributed by atoms with Gasteiger partial charge in [0, 0.05) is 7.05 Å². The third-order valence-corrected chi connectivity index (χ3v) is 2.42. The number of nitrogens with one attached hydrogen (secondary N) is 1. The summed E-state index contributed by atoms with van der Waals surface area (Å²) in [5, 5.41) is 11.5. The van der Waals surface area contributed by atoms with E-state index in [-0.39, 0.29) is 22.2 Å². The predicted molar refractivity (Wildman–Crippen MR) is 62.6 cm³/mol. The molecule has 0 spiro atoms. The van der Waals surface area contributed by atoms with Crippen LogP contribution >= 0.6 is 11.6 Å². The van der Waals surface area contributed by atoms with E-state index in [1.54, 1.807) is 6.07 Å². The van der Waals surface area contributed by atoms with Gasteiger partial charge in [-0.05, 0) is 19.1 Å². The number of hydrogen-bond acceptors (Lipinski definition) is 3. The van der Waals surface area contributed by atoms with E-state index < -0.39 is 12.1 Å². The summed E-state index contributed by atoms with van der Waals surface area (Å²) in [5.74, 6) is -1.47. The van der Waals surface area contributed by atoms with Crippen molar-refractivity contribution in [2.45, 2.75) is 13.0 Å². The van der Waals surface area contributed by atoms with Gasteiger partial charge < -0.3 is 15.2 Å². The Balaban J connectivity index is 3.02. The van der Waals surface area contributed by atoms with Crippen molar-refractivity contribution in [3.8, 4) is 5.75 Å². The number of carbonyl (C=O) groups is 2. The molecule has 0 saturated carbocycles. The number of carbonyl (C=O) groups excluding carboxylic acids is 1. The second-order valence-corrected chi connectivity index (χ2v) is 3.70. The molecule has 6 heteroatoms. The Kier molecular flexibility index (Phi) is 4.34. The van der Waals surface area contributed by atoms with Gasteiger partial charge >= 0.3 is 5.97 Å². The van der Waals surface area contributed by atoms with Gasteiger partial charge in [-0.15, -0.1) is 0 Å². The number of likely N-dealkylation sites (N-methyl/N-ethyl adjacent to an activating group) is 1. The van der Waals surface area contributed by atoms with Crippen LogP contribution in [0.25, 0.3) is 0 Å². The average molecular weight is 258 g/mol. The van der Waals surface area contributed by atoms with Crippen LogP contribution in [0.3, 0.4) is 0 Å². The first kappa shape index (κ1) is 13.3. The monoisotopic (exact) mass is 257 g/mol. The SMILES string of the molecule is CNC(=O)C(C)Oc1cccc(Cl)c1C(=O)O. The summed E-state index contributed by atoms with van der Waals surface area (Å²) in [6.07, 6.45) is -0.795. The van der Waals surface area contributed by atoms with E-state index in [4.69, 9.17) is 21.4 Å². The highest BCUT2D eigenvalue weighted by Gasteiger charge is 2.19. The third-order valence-electron chi connectivity index (χ3n) is 2.11. The molecule has 0 heterocycles. The van der Waals surface area contributed by atoms with Crippen LogP contribution in [-0.4, -0.2) is 30.1 Å². The van der Waals surface area contributed by atoms with Crippen molar-refractivity contribution in [1.29, 1.82) is 0 Å². The van der Waals surface area contributed by atoms with Crippen molar-refractivity contribution in [2.24, 2.45) is 0 Å². The van der Waals surface area contributed by atoms with Crippen LogP contribution in [-0.2, 0) is 4.79 Å². The second kappa shape index (κ2) is 5.54. The number of benzene rings is 1. The van der Waals surface area contributed by atoms with Crippen LogP contribution in [0.2, 0.25) is 5.02 Å². The number of halogens is 1. The van der Waals surface area contributed by atoms with Crippen molar-refractivity contribution in [2.75, 3.05) is 7.05 Å². The van der Waals surface area contributed by atoms with Crippen LogP contribution < -0.4 is 10.1 Å². The summed E-state index contributed by atoms with van der Waals surface area (Å²) < 4.78 is 5.26. The van der Waals surface area contributed by atoms with E-state index in [1.165, 1.54) is 26.1 Å². The fourth-order valence-corrected chi connectivity index (χ4v) is 1.50. The lowest BCUT2D eigenvalue weighted by Crippen LogP contribution is -2.34. The van der Waals surface area contributed by atoms with Crippen molar-refractivity contribution < 1.29 is 19.4 Å². The Morgan fingerprint density at radius 1 is 1.47 bits per heavy atom. The smallest absolute Gasteiger partial charge is 0.341 e. The molecule has 0 aliphatic heterocycles. The van der Waals surface area contributed by atoms with E-state index in [1.807, 2.05) is 0 Å². The van der Waals surface area contributed by atoms with Crippen LogP contribution in [0.4, 0.5) is 0 Å². The summed E-state index contributed by atoms with van der Waals surface area (Å²) in [7, 11) is 1.47. The minimum atomic E-state index is -1.20. The molecule has 17 heavy (non-hydrogen) atoms. The lowest BCUT2D eigenvalue weighted by Gasteiger charge is -2.15. The van der Waals surface area contributed by atoms with Gasteiger partial charge in [0.05, 0.1) is 5.02 Å². The van der Waals surface area contributed by atoms with E-state index in [2.05, 4.69) is 5.32 Å². The van der Waals surface area contributed by atoms with E-state index in [0.717, 1.165) is 0 Å². The molecule has 1 aromatic rings. The highest BCUT2D eigenvalue weighted by Crippen LogP contribution is 2.27. The highest BCUT2D eigenvalue weighted by molar-refractivity contribution is 6.33. The van der Waals surface area contributed by atoms with E-state index in [0.29, 0.717) is 0 Å². The first-order valence-electron chi connectivity index (χ1n) is 4.87. The summed E-state index contributed by atoms with van der Waals surface area (Å²) in [6.45, 7) is 1.52. The standard InChI is InChI=1S/C11H12ClNO4/c1-6(10(14)13-2)17-8-5-3-4-7(12)9(8)11(15)16/h3-6H,1-2H3,(H,13,14)(H,15,16). The zero-order valence-corrected chi connectivity index (χ0v) is 10.1. The van der Waals surface area contributed by atoms with Crippen molar-refractivity contribution in [3.05, 3.63) is 28.8 Å². The number of aromatic carboxylic acids is 1. The number of amides is 1. The topological polar surface area (TPSA) is 75.6 Å². The summed E-state index contributed by atoms with van der Waals surface area (Å²) in [4.78, 5) is 22.3. The fourth-order valence-electron chi connectivity index (χ4n) is 1.26. The number of hydrogen-bond donors (Lipinski definition) is 2. The average Bonchev–Trinajstić information content (AvgIpc) is 2.27. The first-order valence-corrected chi connectivity index (χ1v) is 5.25. The molecule has 2 N–H and O–H groups in total. The van der Waals surface area contributed by atoms with E-state index in [9.17, 15) is 9.59 Å². The Labute approximate surface area is 103 Å². The maximum Gasteiger partial charge on any atom is 0.341 e. The molecule has 1 rings (SSSR count). The van der Waals surface area contributed by atoms with Crippen LogP contribution in [0.1, 0.15) is 17.3 Å². The van der Waals surface area contributed by atoms with Gasteiger partial charge in [-0.25, -0.2) is 4.79 Å². The van der Waals surface area contributed by atoms with Crippen molar-refractivity contribution in [3.63, 3.8) is 0 Å². The molecule has 0 radical (unpaired) electrons.